The highest BCUT2D eigenvalue weighted by molar-refractivity contribution is 5.51. The molecule has 0 bridgehead atoms. The molecule has 37 heavy (non-hydrogen) atoms. The van der Waals surface area contributed by atoms with E-state index >= 15 is 0 Å². The Labute approximate surface area is 213 Å². The van der Waals surface area contributed by atoms with Gasteiger partial charge < -0.3 is 28.8 Å². The van der Waals surface area contributed by atoms with Gasteiger partial charge in [0.05, 0.1) is 37.4 Å². The van der Waals surface area contributed by atoms with Crippen molar-refractivity contribution in [3.8, 4) is 11.5 Å². The first-order valence-electron chi connectivity index (χ1n) is 12.2. The Morgan fingerprint density at radius 1 is 1.19 bits per heavy atom. The number of nitrogens with zero attached hydrogens (tertiary/aromatic N) is 3. The second kappa shape index (κ2) is 12.6. The molecule has 1 saturated heterocycles. The Morgan fingerprint density at radius 2 is 2.00 bits per heavy atom. The number of rotatable bonds is 11. The number of aryl methyl sites for hydroxylation is 1. The number of halogens is 2. The molecule has 1 fully saturated rings. The van der Waals surface area contributed by atoms with Crippen LogP contribution in [0.15, 0.2) is 41.6 Å². The van der Waals surface area contributed by atoms with Gasteiger partial charge in [0.15, 0.2) is 23.6 Å². The number of aromatic nitrogens is 3. The van der Waals surface area contributed by atoms with Crippen LogP contribution in [0.1, 0.15) is 37.3 Å². The van der Waals surface area contributed by atoms with E-state index in [-0.39, 0.29) is 41.5 Å². The predicted molar refractivity (Wildman–Crippen MR) is 132 cm³/mol. The molecule has 1 unspecified atom stereocenters. The molecule has 0 amide bonds. The van der Waals surface area contributed by atoms with Crippen LogP contribution in [0.2, 0.25) is 0 Å². The molecule has 198 valence electrons. The van der Waals surface area contributed by atoms with E-state index in [2.05, 4.69) is 15.3 Å². The molecular weight excluding hydrogens is 486 g/mol. The van der Waals surface area contributed by atoms with Gasteiger partial charge in [0.1, 0.15) is 12.4 Å². The Morgan fingerprint density at radius 3 is 2.70 bits per heavy atom. The molecule has 0 saturated carbocycles. The lowest BCUT2D eigenvalue weighted by Gasteiger charge is -2.22. The standard InChI is InChI=1S/C26H30F2N4O5/c1-3-17-12-21(34-2)25(28)20(24(17)27)16-37-19-13-29-26(30-14-19)31-18-7-8-22(33)32(15-18)9-11-36-23-6-4-5-10-35-23/h7-8,12-15,23H,3-6,9-11,16H2,1-2H3,(H,29,30,31). The van der Waals surface area contributed by atoms with E-state index in [4.69, 9.17) is 18.9 Å². The number of hydrogen-bond acceptors (Lipinski definition) is 8. The maximum absolute atomic E-state index is 14.6. The summed E-state index contributed by atoms with van der Waals surface area (Å²) in [5.41, 5.74) is 0.559. The zero-order valence-corrected chi connectivity index (χ0v) is 20.8. The first-order valence-corrected chi connectivity index (χ1v) is 12.2. The Kier molecular flexibility index (Phi) is 9.02. The molecule has 0 spiro atoms. The van der Waals surface area contributed by atoms with Gasteiger partial charge in [-0.2, -0.15) is 0 Å². The summed E-state index contributed by atoms with van der Waals surface area (Å²) in [7, 11) is 1.33. The topological polar surface area (TPSA) is 96.7 Å². The van der Waals surface area contributed by atoms with E-state index in [1.165, 1.54) is 36.2 Å². The summed E-state index contributed by atoms with van der Waals surface area (Å²) < 4.78 is 52.5. The molecule has 11 heteroatoms. The van der Waals surface area contributed by atoms with Crippen LogP contribution < -0.4 is 20.3 Å². The molecule has 0 radical (unpaired) electrons. The van der Waals surface area contributed by atoms with Crippen molar-refractivity contribution >= 4 is 11.6 Å². The molecule has 1 N–H and O–H groups in total. The molecule has 0 aliphatic carbocycles. The highest BCUT2D eigenvalue weighted by Gasteiger charge is 2.19. The van der Waals surface area contributed by atoms with Crippen LogP contribution in [0.4, 0.5) is 20.4 Å². The van der Waals surface area contributed by atoms with Gasteiger partial charge in [0.25, 0.3) is 5.56 Å². The fourth-order valence-corrected chi connectivity index (χ4v) is 3.90. The lowest BCUT2D eigenvalue weighted by Crippen LogP contribution is -2.26. The molecule has 2 aromatic heterocycles. The summed E-state index contributed by atoms with van der Waals surface area (Å²) >= 11 is 0. The highest BCUT2D eigenvalue weighted by atomic mass is 19.1. The van der Waals surface area contributed by atoms with Crippen LogP contribution in [-0.2, 0) is 29.0 Å². The Bertz CT molecular complexity index is 1220. The number of hydrogen-bond donors (Lipinski definition) is 1. The average molecular weight is 517 g/mol. The van der Waals surface area contributed by atoms with Crippen molar-refractivity contribution in [3.05, 3.63) is 69.9 Å². The first-order chi connectivity index (χ1) is 18.0. The van der Waals surface area contributed by atoms with Crippen molar-refractivity contribution in [3.63, 3.8) is 0 Å². The van der Waals surface area contributed by atoms with E-state index in [0.717, 1.165) is 19.3 Å². The fraction of sp³-hybridized carbons (Fsp3) is 0.423. The molecule has 1 aromatic carbocycles. The van der Waals surface area contributed by atoms with Gasteiger partial charge in [0.2, 0.25) is 5.95 Å². The zero-order chi connectivity index (χ0) is 26.2. The smallest absolute Gasteiger partial charge is 0.250 e. The van der Waals surface area contributed by atoms with E-state index < -0.39 is 11.6 Å². The molecule has 1 aliphatic rings. The molecule has 3 aromatic rings. The quantitative estimate of drug-likeness (QED) is 0.402. The number of pyridine rings is 1. The van der Waals surface area contributed by atoms with Crippen molar-refractivity contribution in [2.45, 2.75) is 52.0 Å². The predicted octanol–water partition coefficient (Wildman–Crippen LogP) is 4.35. The van der Waals surface area contributed by atoms with Crippen LogP contribution in [0.3, 0.4) is 0 Å². The van der Waals surface area contributed by atoms with E-state index in [1.807, 2.05) is 0 Å². The molecule has 4 rings (SSSR count). The zero-order valence-electron chi connectivity index (χ0n) is 20.8. The summed E-state index contributed by atoms with van der Waals surface area (Å²) in [5, 5.41) is 3.02. The van der Waals surface area contributed by atoms with Crippen molar-refractivity contribution in [2.75, 3.05) is 25.6 Å². The van der Waals surface area contributed by atoms with Crippen LogP contribution in [0, 0.1) is 11.6 Å². The third kappa shape index (κ3) is 6.80. The minimum absolute atomic E-state index is 0.0390. The molecule has 3 heterocycles. The maximum Gasteiger partial charge on any atom is 0.250 e. The fourth-order valence-electron chi connectivity index (χ4n) is 3.90. The lowest BCUT2D eigenvalue weighted by atomic mass is 10.1. The third-order valence-corrected chi connectivity index (χ3v) is 5.96. The molecule has 1 atom stereocenters. The third-order valence-electron chi connectivity index (χ3n) is 5.96. The van der Waals surface area contributed by atoms with Crippen molar-refractivity contribution in [1.29, 1.82) is 0 Å². The van der Waals surface area contributed by atoms with Crippen LogP contribution in [-0.4, -0.2) is 41.1 Å². The van der Waals surface area contributed by atoms with Gasteiger partial charge in [-0.3, -0.25) is 4.79 Å². The van der Waals surface area contributed by atoms with Gasteiger partial charge >= 0.3 is 0 Å². The van der Waals surface area contributed by atoms with Gasteiger partial charge in [0, 0.05) is 25.4 Å². The Hall–Kier alpha value is -3.57. The minimum Gasteiger partial charge on any atom is -0.494 e. The first kappa shape index (κ1) is 26.5. The van der Waals surface area contributed by atoms with Gasteiger partial charge in [-0.1, -0.05) is 6.92 Å². The Balaban J connectivity index is 1.35. The van der Waals surface area contributed by atoms with Gasteiger partial charge in [-0.25, -0.2) is 18.7 Å². The summed E-state index contributed by atoms with van der Waals surface area (Å²) in [4.78, 5) is 20.6. The van der Waals surface area contributed by atoms with Crippen LogP contribution in [0.25, 0.3) is 0 Å². The molecule has 9 nitrogen and oxygen atoms in total. The van der Waals surface area contributed by atoms with E-state index in [9.17, 15) is 13.6 Å². The summed E-state index contributed by atoms with van der Waals surface area (Å²) in [6.45, 7) is 2.84. The summed E-state index contributed by atoms with van der Waals surface area (Å²) in [5.74, 6) is -1.01. The SMILES string of the molecule is CCc1cc(OC)c(F)c(COc2cnc(Nc3ccc(=O)n(CCOC4CCCCO4)c3)nc2)c1F. The normalized spacial score (nSPS) is 15.4. The molecule has 1 aliphatic heterocycles. The number of anilines is 2. The van der Waals surface area contributed by atoms with Gasteiger partial charge in [-0.15, -0.1) is 0 Å². The van der Waals surface area contributed by atoms with Crippen molar-refractivity contribution < 1.29 is 27.7 Å². The van der Waals surface area contributed by atoms with Crippen LogP contribution >= 0.6 is 0 Å². The number of methoxy groups -OCH3 is 1. The second-order valence-electron chi connectivity index (χ2n) is 8.47. The van der Waals surface area contributed by atoms with Gasteiger partial charge in [-0.05, 0) is 43.4 Å². The molecular formula is C26H30F2N4O5. The average Bonchev–Trinajstić information content (AvgIpc) is 2.92. The van der Waals surface area contributed by atoms with E-state index in [1.54, 1.807) is 19.2 Å². The van der Waals surface area contributed by atoms with Crippen molar-refractivity contribution in [1.82, 2.24) is 14.5 Å². The second-order valence-corrected chi connectivity index (χ2v) is 8.47. The number of benzene rings is 1. The number of ether oxygens (including phenoxy) is 4. The maximum atomic E-state index is 14.6. The summed E-state index contributed by atoms with van der Waals surface area (Å²) in [6, 6.07) is 4.41. The minimum atomic E-state index is -0.803. The monoisotopic (exact) mass is 516 g/mol. The summed E-state index contributed by atoms with van der Waals surface area (Å²) in [6.07, 6.45) is 7.57. The van der Waals surface area contributed by atoms with E-state index in [0.29, 0.717) is 37.4 Å². The lowest BCUT2D eigenvalue weighted by molar-refractivity contribution is -0.163. The van der Waals surface area contributed by atoms with Crippen molar-refractivity contribution in [2.24, 2.45) is 0 Å². The van der Waals surface area contributed by atoms with Crippen LogP contribution in [0.5, 0.6) is 11.5 Å². The largest absolute Gasteiger partial charge is 0.494 e. The number of nitrogens with one attached hydrogen (secondary N) is 1. The highest BCUT2D eigenvalue weighted by Crippen LogP contribution is 2.28.